The van der Waals surface area contributed by atoms with Gasteiger partial charge in [0.15, 0.2) is 10.9 Å². The molecule has 162 valence electrons. The van der Waals surface area contributed by atoms with E-state index >= 15 is 0 Å². The van der Waals surface area contributed by atoms with E-state index in [0.717, 1.165) is 24.0 Å². The van der Waals surface area contributed by atoms with E-state index in [2.05, 4.69) is 22.5 Å². The highest BCUT2D eigenvalue weighted by atomic mass is 32.1. The van der Waals surface area contributed by atoms with Gasteiger partial charge < -0.3 is 15.5 Å². The number of hydrogen-bond acceptors (Lipinski definition) is 6. The Hall–Kier alpha value is -3.46. The van der Waals surface area contributed by atoms with Crippen LogP contribution < -0.4 is 15.5 Å². The summed E-state index contributed by atoms with van der Waals surface area (Å²) in [5, 5.41) is 7.47. The Morgan fingerprint density at radius 3 is 2.71 bits per heavy atom. The normalized spacial score (nSPS) is 10.5. The number of Topliss-reactive ketones (excluding diaryl/α,β-unsaturated/α-hetero) is 1. The molecule has 0 fully saturated rings. The number of nitrogens with zero attached hydrogens (tertiary/aromatic N) is 2. The number of anilines is 1. The van der Waals surface area contributed by atoms with Crippen LogP contribution in [0.25, 0.3) is 11.3 Å². The number of carbonyl (C=O) groups excluding carboxylic acids is 3. The molecule has 0 saturated heterocycles. The molecule has 0 aliphatic rings. The zero-order chi connectivity index (χ0) is 22.4. The Morgan fingerprint density at radius 2 is 2.03 bits per heavy atom. The van der Waals surface area contributed by atoms with Gasteiger partial charge in [0, 0.05) is 22.7 Å². The third kappa shape index (κ3) is 5.58. The first-order valence-electron chi connectivity index (χ1n) is 9.81. The standard InChI is InChI=1S/C22H24N4O4S/c1-4-5-15-6-7-16(10-18(15)14(2)27)19-13-31-22(24-19)25-20(28)11-23-21(29)17-8-9-26(12-17)30-3/h6-10,12-13H,4-5,11H2,1-3H3,(H,23,29)(H,24,25,28). The van der Waals surface area contributed by atoms with E-state index in [1.54, 1.807) is 19.2 Å². The van der Waals surface area contributed by atoms with Crippen LogP contribution in [0.3, 0.4) is 0 Å². The van der Waals surface area contributed by atoms with E-state index in [0.29, 0.717) is 22.0 Å². The zero-order valence-corrected chi connectivity index (χ0v) is 18.4. The number of aromatic nitrogens is 2. The largest absolute Gasteiger partial charge is 0.418 e. The highest BCUT2D eigenvalue weighted by Crippen LogP contribution is 2.27. The van der Waals surface area contributed by atoms with Gasteiger partial charge in [-0.2, -0.15) is 4.73 Å². The van der Waals surface area contributed by atoms with Crippen molar-refractivity contribution in [2.45, 2.75) is 26.7 Å². The Labute approximate surface area is 184 Å². The SMILES string of the molecule is CCCc1ccc(-c2csc(NC(=O)CNC(=O)c3ccn(OC)c3)n2)cc1C(C)=O. The maximum Gasteiger partial charge on any atom is 0.253 e. The van der Waals surface area contributed by atoms with E-state index in [4.69, 9.17) is 4.84 Å². The van der Waals surface area contributed by atoms with E-state index in [9.17, 15) is 14.4 Å². The van der Waals surface area contributed by atoms with Crippen LogP contribution in [0.1, 0.15) is 46.5 Å². The van der Waals surface area contributed by atoms with Gasteiger partial charge in [0.2, 0.25) is 5.91 Å². The molecule has 2 aromatic heterocycles. The van der Waals surface area contributed by atoms with Crippen LogP contribution in [-0.2, 0) is 11.2 Å². The van der Waals surface area contributed by atoms with Crippen molar-refractivity contribution < 1.29 is 19.2 Å². The molecule has 0 radical (unpaired) electrons. The summed E-state index contributed by atoms with van der Waals surface area (Å²) in [6.07, 6.45) is 4.91. The molecule has 9 heteroatoms. The second kappa shape index (κ2) is 10.0. The van der Waals surface area contributed by atoms with Crippen LogP contribution in [0.4, 0.5) is 5.13 Å². The van der Waals surface area contributed by atoms with Crippen molar-refractivity contribution in [2.24, 2.45) is 0 Å². The molecule has 2 heterocycles. The number of benzene rings is 1. The molecule has 0 bridgehead atoms. The summed E-state index contributed by atoms with van der Waals surface area (Å²) in [6.45, 7) is 3.45. The molecule has 2 N–H and O–H groups in total. The number of hydrogen-bond donors (Lipinski definition) is 2. The minimum atomic E-state index is -0.386. The molecule has 8 nitrogen and oxygen atoms in total. The lowest BCUT2D eigenvalue weighted by molar-refractivity contribution is -0.115. The lowest BCUT2D eigenvalue weighted by atomic mass is 9.97. The van der Waals surface area contributed by atoms with Crippen LogP contribution in [0.5, 0.6) is 0 Å². The summed E-state index contributed by atoms with van der Waals surface area (Å²) in [4.78, 5) is 45.7. The fraction of sp³-hybridized carbons (Fsp3) is 0.273. The van der Waals surface area contributed by atoms with Gasteiger partial charge in [-0.05, 0) is 31.0 Å². The van der Waals surface area contributed by atoms with Crippen molar-refractivity contribution in [1.82, 2.24) is 15.0 Å². The van der Waals surface area contributed by atoms with Crippen LogP contribution >= 0.6 is 11.3 Å². The molecule has 0 atom stereocenters. The minimum Gasteiger partial charge on any atom is -0.418 e. The van der Waals surface area contributed by atoms with Gasteiger partial charge in [-0.15, -0.1) is 11.3 Å². The van der Waals surface area contributed by atoms with E-state index < -0.39 is 0 Å². The second-order valence-electron chi connectivity index (χ2n) is 6.89. The van der Waals surface area contributed by atoms with Crippen molar-refractivity contribution in [1.29, 1.82) is 0 Å². The summed E-state index contributed by atoms with van der Waals surface area (Å²) < 4.78 is 1.39. The molecule has 0 aliphatic heterocycles. The van der Waals surface area contributed by atoms with Crippen LogP contribution in [0, 0.1) is 0 Å². The lowest BCUT2D eigenvalue weighted by Gasteiger charge is -2.08. The van der Waals surface area contributed by atoms with Crippen LogP contribution in [0.15, 0.2) is 42.0 Å². The van der Waals surface area contributed by atoms with Gasteiger partial charge in [0.1, 0.15) is 7.11 Å². The Bertz CT molecular complexity index is 1100. The maximum atomic E-state index is 12.2. The summed E-state index contributed by atoms with van der Waals surface area (Å²) in [7, 11) is 1.48. The zero-order valence-electron chi connectivity index (χ0n) is 17.6. The molecule has 0 aliphatic carbocycles. The number of nitrogens with one attached hydrogen (secondary N) is 2. The lowest BCUT2D eigenvalue weighted by Crippen LogP contribution is -2.32. The van der Waals surface area contributed by atoms with Gasteiger partial charge in [0.05, 0.1) is 24.0 Å². The molecule has 3 aromatic rings. The average Bonchev–Trinajstić information content (AvgIpc) is 3.42. The Kier molecular flexibility index (Phi) is 7.19. The number of thiazole rings is 1. The predicted molar refractivity (Wildman–Crippen MR) is 119 cm³/mol. The van der Waals surface area contributed by atoms with Crippen molar-refractivity contribution in [3.05, 3.63) is 58.7 Å². The van der Waals surface area contributed by atoms with Crippen molar-refractivity contribution in [3.63, 3.8) is 0 Å². The molecule has 0 saturated carbocycles. The third-order valence-electron chi connectivity index (χ3n) is 4.60. The molecular formula is C22H24N4O4S. The predicted octanol–water partition coefficient (Wildman–Crippen LogP) is 3.19. The smallest absolute Gasteiger partial charge is 0.253 e. The number of rotatable bonds is 9. The summed E-state index contributed by atoms with van der Waals surface area (Å²) >= 11 is 1.28. The quantitative estimate of drug-likeness (QED) is 0.498. The number of carbonyl (C=O) groups is 3. The first-order valence-corrected chi connectivity index (χ1v) is 10.7. The van der Waals surface area contributed by atoms with Crippen molar-refractivity contribution in [3.8, 4) is 11.3 Å². The van der Waals surface area contributed by atoms with Crippen LogP contribution in [-0.4, -0.2) is 41.0 Å². The minimum absolute atomic E-state index is 0.0191. The molecule has 2 amide bonds. The highest BCUT2D eigenvalue weighted by Gasteiger charge is 2.14. The maximum absolute atomic E-state index is 12.2. The number of aryl methyl sites for hydroxylation is 1. The van der Waals surface area contributed by atoms with Crippen molar-refractivity contribution in [2.75, 3.05) is 19.0 Å². The van der Waals surface area contributed by atoms with Gasteiger partial charge in [0.25, 0.3) is 5.91 Å². The summed E-state index contributed by atoms with van der Waals surface area (Å²) in [6, 6.07) is 7.33. The molecule has 1 aromatic carbocycles. The first-order chi connectivity index (χ1) is 14.9. The number of amides is 2. The molecule has 0 spiro atoms. The molecule has 3 rings (SSSR count). The average molecular weight is 441 g/mol. The van der Waals surface area contributed by atoms with E-state index in [1.165, 1.54) is 29.4 Å². The Balaban J connectivity index is 1.61. The third-order valence-corrected chi connectivity index (χ3v) is 5.36. The van der Waals surface area contributed by atoms with Gasteiger partial charge in [-0.25, -0.2) is 4.98 Å². The van der Waals surface area contributed by atoms with E-state index in [-0.39, 0.29) is 24.1 Å². The van der Waals surface area contributed by atoms with Gasteiger partial charge >= 0.3 is 0 Å². The topological polar surface area (TPSA) is 102 Å². The fourth-order valence-corrected chi connectivity index (χ4v) is 3.80. The Morgan fingerprint density at radius 1 is 1.23 bits per heavy atom. The molecule has 0 unspecified atom stereocenters. The van der Waals surface area contributed by atoms with Gasteiger partial charge in [-0.1, -0.05) is 25.5 Å². The summed E-state index contributed by atoms with van der Waals surface area (Å²) in [5.74, 6) is -0.747. The highest BCUT2D eigenvalue weighted by molar-refractivity contribution is 7.14. The fourth-order valence-electron chi connectivity index (χ4n) is 3.07. The first kappa shape index (κ1) is 22.2. The number of ketones is 1. The van der Waals surface area contributed by atoms with E-state index in [1.807, 2.05) is 23.6 Å². The molecule has 31 heavy (non-hydrogen) atoms. The van der Waals surface area contributed by atoms with Crippen LogP contribution in [0.2, 0.25) is 0 Å². The second-order valence-corrected chi connectivity index (χ2v) is 7.75. The summed E-state index contributed by atoms with van der Waals surface area (Å²) in [5.41, 5.74) is 3.61. The monoisotopic (exact) mass is 440 g/mol. The molecular weight excluding hydrogens is 416 g/mol. The van der Waals surface area contributed by atoms with Crippen molar-refractivity contribution >= 4 is 34.1 Å². The van der Waals surface area contributed by atoms with Gasteiger partial charge in [-0.3, -0.25) is 14.4 Å².